The molecule has 5 aromatic rings. The summed E-state index contributed by atoms with van der Waals surface area (Å²) in [4.78, 5) is -1.34. The predicted molar refractivity (Wildman–Crippen MR) is 191 cm³/mol. The molecule has 0 bridgehead atoms. The Labute approximate surface area is 323 Å². The highest BCUT2D eigenvalue weighted by atomic mass is 32.2. The molecule has 4 N–H and O–H groups in total. The first-order valence-electron chi connectivity index (χ1n) is 13.5. The van der Waals surface area contributed by atoms with Gasteiger partial charge in [-0.15, -0.1) is 37.9 Å². The van der Waals surface area contributed by atoms with Gasteiger partial charge in [0.05, 0.1) is 19.6 Å². The molecule has 0 aliphatic heterocycles. The molecule has 0 amide bonds. The van der Waals surface area contributed by atoms with E-state index in [0.717, 1.165) is 40.1 Å². The molecular weight excluding hydrogens is 897 g/mol. The van der Waals surface area contributed by atoms with Crippen LogP contribution in [0.25, 0.3) is 21.9 Å². The van der Waals surface area contributed by atoms with Crippen LogP contribution in [0.4, 0.5) is 0 Å². The van der Waals surface area contributed by atoms with Crippen molar-refractivity contribution in [2.45, 2.75) is 19.6 Å². The second kappa shape index (κ2) is 23.1. The SMILES string of the molecule is O=S(=O)(O)c1ccc(-c2ccccc2)cc1.O=S(=O)(O)c1ccc2ccccc2c1.O=S(=O)(O)c1cccc(S(=O)(=O)O)c1.O=S(=O)=O.O=S(=O)=O.O=S(=O)=O. The van der Waals surface area contributed by atoms with Crippen LogP contribution in [0.3, 0.4) is 0 Å². The van der Waals surface area contributed by atoms with E-state index in [1.165, 1.54) is 24.3 Å². The van der Waals surface area contributed by atoms with Crippen molar-refractivity contribution in [1.82, 2.24) is 0 Å². The van der Waals surface area contributed by atoms with Crippen molar-refractivity contribution >= 4 is 83.1 Å². The molecule has 0 spiro atoms. The summed E-state index contributed by atoms with van der Waals surface area (Å²) in [5.74, 6) is 0. The van der Waals surface area contributed by atoms with Crippen LogP contribution in [-0.2, 0) is 72.3 Å². The molecule has 21 nitrogen and oxygen atoms in total. The lowest BCUT2D eigenvalue weighted by Gasteiger charge is -2.02. The van der Waals surface area contributed by atoms with Gasteiger partial charge in [-0.2, -0.15) is 33.7 Å². The summed E-state index contributed by atoms with van der Waals surface area (Å²) < 4.78 is 196. The van der Waals surface area contributed by atoms with E-state index < -0.39 is 82.1 Å². The smallest absolute Gasteiger partial charge is 0.282 e. The number of fused-ring (bicyclic) bond motifs is 1. The molecule has 0 heterocycles. The Morgan fingerprint density at radius 2 is 0.607 bits per heavy atom. The van der Waals surface area contributed by atoms with Gasteiger partial charge in [0.15, 0.2) is 0 Å². The molecule has 0 fully saturated rings. The fourth-order valence-electron chi connectivity index (χ4n) is 3.57. The average molecular weight is 921 g/mol. The lowest BCUT2D eigenvalue weighted by Crippen LogP contribution is -2.02. The molecule has 5 rings (SSSR count). The van der Waals surface area contributed by atoms with Crippen molar-refractivity contribution in [1.29, 1.82) is 0 Å². The number of rotatable bonds is 5. The van der Waals surface area contributed by atoms with Crippen molar-refractivity contribution in [2.75, 3.05) is 0 Å². The molecular formula is C28H24O21S7. The molecule has 0 unspecified atom stereocenters. The molecule has 56 heavy (non-hydrogen) atoms. The summed E-state index contributed by atoms with van der Waals surface area (Å²) in [6.45, 7) is 0. The maximum atomic E-state index is 10.8. The zero-order chi connectivity index (χ0) is 43.5. The van der Waals surface area contributed by atoms with Crippen LogP contribution in [0.2, 0.25) is 0 Å². The Kier molecular flexibility index (Phi) is 20.9. The summed E-state index contributed by atoms with van der Waals surface area (Å²) >= 11 is 0. The zero-order valence-electron chi connectivity index (χ0n) is 27.1. The minimum Gasteiger partial charge on any atom is -0.282 e. The highest BCUT2D eigenvalue weighted by Gasteiger charge is 2.15. The first-order valence-corrected chi connectivity index (χ1v) is 22.3. The molecule has 0 aliphatic rings. The van der Waals surface area contributed by atoms with Crippen LogP contribution >= 0.6 is 0 Å². The van der Waals surface area contributed by atoms with Gasteiger partial charge in [-0.1, -0.05) is 78.9 Å². The second-order valence-electron chi connectivity index (χ2n) is 9.39. The summed E-state index contributed by atoms with van der Waals surface area (Å²) in [5, 5.41) is 1.74. The van der Waals surface area contributed by atoms with E-state index in [1.54, 1.807) is 24.3 Å². The van der Waals surface area contributed by atoms with E-state index in [2.05, 4.69) is 0 Å². The Bertz CT molecular complexity index is 2770. The monoisotopic (exact) mass is 920 g/mol. The van der Waals surface area contributed by atoms with Gasteiger partial charge in [0, 0.05) is 0 Å². The highest BCUT2D eigenvalue weighted by Crippen LogP contribution is 2.21. The third kappa shape index (κ3) is 22.3. The maximum Gasteiger partial charge on any atom is 0.425 e. The lowest BCUT2D eigenvalue weighted by atomic mass is 10.1. The Balaban J connectivity index is 0.000000709. The molecule has 0 atom stereocenters. The zero-order valence-corrected chi connectivity index (χ0v) is 32.8. The summed E-state index contributed by atoms with van der Waals surface area (Å²) in [5.41, 5.74) is 1.91. The quantitative estimate of drug-likeness (QED) is 0.183. The Morgan fingerprint density at radius 1 is 0.304 bits per heavy atom. The van der Waals surface area contributed by atoms with Crippen LogP contribution in [0.15, 0.2) is 141 Å². The van der Waals surface area contributed by atoms with Crippen molar-refractivity contribution in [3.05, 3.63) is 121 Å². The van der Waals surface area contributed by atoms with Gasteiger partial charge in [-0.25, -0.2) is 0 Å². The first-order chi connectivity index (χ1) is 25.5. The topological polar surface area (TPSA) is 371 Å². The van der Waals surface area contributed by atoms with Gasteiger partial charge in [0.1, 0.15) is 0 Å². The van der Waals surface area contributed by atoms with E-state index in [9.17, 15) is 33.7 Å². The van der Waals surface area contributed by atoms with Crippen LogP contribution in [0.1, 0.15) is 0 Å². The summed E-state index contributed by atoms with van der Waals surface area (Å²) in [7, 11) is -26.5. The second-order valence-corrected chi connectivity index (χ2v) is 16.3. The van der Waals surface area contributed by atoms with Gasteiger partial charge in [-0.3, -0.25) is 18.2 Å². The largest absolute Gasteiger partial charge is 0.425 e. The normalized spacial score (nSPS) is 10.6. The van der Waals surface area contributed by atoms with Gasteiger partial charge in [0.2, 0.25) is 0 Å². The van der Waals surface area contributed by atoms with E-state index in [-0.39, 0.29) is 9.79 Å². The van der Waals surface area contributed by atoms with Gasteiger partial charge >= 0.3 is 31.8 Å². The van der Waals surface area contributed by atoms with E-state index in [4.69, 9.17) is 56.1 Å². The standard InChI is InChI=1S/C12H10O3S.C10H8O3S.C6H6O6S2.3O3S/c13-16(14,15)12-8-6-11(7-9-12)10-4-2-1-3-5-10;11-14(12,13)10-6-5-8-3-1-2-4-9(8)7-10;7-13(8,9)5-2-1-3-6(4-5)14(10,11)12;3*1-4(2)3/h1-9H,(H,13,14,15);1-7H,(H,11,12,13);1-4H,(H,7,8,9)(H,10,11,12);;;. The fourth-order valence-corrected chi connectivity index (χ4v) is 5.70. The molecule has 0 saturated heterocycles. The van der Waals surface area contributed by atoms with Gasteiger partial charge in [-0.05, 0) is 64.4 Å². The number of hydrogen-bond acceptors (Lipinski definition) is 17. The van der Waals surface area contributed by atoms with Gasteiger partial charge in [0.25, 0.3) is 40.5 Å². The predicted octanol–water partition coefficient (Wildman–Crippen LogP) is 1.85. The Hall–Kier alpha value is -5.14. The minimum absolute atomic E-state index is 0.0730. The summed E-state index contributed by atoms with van der Waals surface area (Å²) in [6, 6.07) is 31.3. The van der Waals surface area contributed by atoms with E-state index in [0.29, 0.717) is 6.07 Å². The molecule has 304 valence electrons. The van der Waals surface area contributed by atoms with Crippen molar-refractivity contribution in [2.24, 2.45) is 0 Å². The van der Waals surface area contributed by atoms with Crippen LogP contribution < -0.4 is 0 Å². The highest BCUT2D eigenvalue weighted by molar-refractivity contribution is 7.87. The maximum absolute atomic E-state index is 10.8. The third-order valence-electron chi connectivity index (χ3n) is 5.68. The third-order valence-corrected chi connectivity index (χ3v) is 9.10. The van der Waals surface area contributed by atoms with Gasteiger partial charge < -0.3 is 0 Å². The first kappa shape index (κ1) is 50.9. The van der Waals surface area contributed by atoms with Crippen LogP contribution in [0.5, 0.6) is 0 Å². The van der Waals surface area contributed by atoms with E-state index in [1.807, 2.05) is 48.5 Å². The number of hydrogen-bond donors (Lipinski definition) is 4. The molecule has 0 radical (unpaired) electrons. The lowest BCUT2D eigenvalue weighted by molar-refractivity contribution is 0.478. The molecule has 0 saturated carbocycles. The van der Waals surface area contributed by atoms with Crippen molar-refractivity contribution < 1.29 is 89.8 Å². The molecule has 28 heteroatoms. The van der Waals surface area contributed by atoms with Crippen molar-refractivity contribution in [3.63, 3.8) is 0 Å². The van der Waals surface area contributed by atoms with Crippen molar-refractivity contribution in [3.8, 4) is 11.1 Å². The fraction of sp³-hybridized carbons (Fsp3) is 0. The molecule has 5 aromatic carbocycles. The average Bonchev–Trinajstić information content (AvgIpc) is 3.07. The summed E-state index contributed by atoms with van der Waals surface area (Å²) in [6.07, 6.45) is 0. The van der Waals surface area contributed by atoms with Crippen LogP contribution in [0, 0.1) is 0 Å². The Morgan fingerprint density at radius 3 is 0.982 bits per heavy atom. The molecule has 0 aliphatic carbocycles. The van der Waals surface area contributed by atoms with Crippen LogP contribution in [-0.4, -0.2) is 89.8 Å². The number of benzene rings is 5. The molecule has 0 aromatic heterocycles. The minimum atomic E-state index is -4.46. The van der Waals surface area contributed by atoms with E-state index >= 15 is 0 Å².